The summed E-state index contributed by atoms with van der Waals surface area (Å²) < 4.78 is 0. The van der Waals surface area contributed by atoms with Crippen LogP contribution in [0.3, 0.4) is 0 Å². The minimum atomic E-state index is -0.203. The highest BCUT2D eigenvalue weighted by molar-refractivity contribution is 7.12. The Morgan fingerprint density at radius 1 is 1.38 bits per heavy atom. The maximum Gasteiger partial charge on any atom is 0.0985 e. The van der Waals surface area contributed by atoms with Crippen molar-refractivity contribution in [2.75, 3.05) is 0 Å². The molecular weight excluding hydrogens is 216 g/mol. The van der Waals surface area contributed by atoms with E-state index in [-0.39, 0.29) is 10.8 Å². The topological polar surface area (TPSA) is 36.7 Å². The number of aryl methyl sites for hydroxylation is 1. The van der Waals surface area contributed by atoms with Crippen LogP contribution < -0.4 is 0 Å². The molecule has 0 bridgehead atoms. The smallest absolute Gasteiger partial charge is 0.0985 e. The fourth-order valence-electron chi connectivity index (χ4n) is 2.08. The minimum Gasteiger partial charge on any atom is -0.246 e. The standard InChI is InChI=1S/C13H18N2S/c1-9-10(13(8-14)6-5-7-13)16-11(15-9)12(2,3)4/h5-7H2,1-4H3. The summed E-state index contributed by atoms with van der Waals surface area (Å²) in [6.45, 7) is 8.57. The van der Waals surface area contributed by atoms with Gasteiger partial charge in [-0.25, -0.2) is 4.98 Å². The highest BCUT2D eigenvalue weighted by Gasteiger charge is 2.42. The molecule has 3 heteroatoms. The molecule has 1 saturated carbocycles. The first kappa shape index (κ1) is 11.6. The maximum atomic E-state index is 9.36. The van der Waals surface area contributed by atoms with E-state index in [1.807, 2.05) is 6.92 Å². The van der Waals surface area contributed by atoms with E-state index in [2.05, 4.69) is 31.8 Å². The molecular formula is C13H18N2S. The third kappa shape index (κ3) is 1.66. The van der Waals surface area contributed by atoms with Gasteiger partial charge in [0.2, 0.25) is 0 Å². The molecule has 2 rings (SSSR count). The van der Waals surface area contributed by atoms with Gasteiger partial charge in [-0.2, -0.15) is 5.26 Å². The van der Waals surface area contributed by atoms with Crippen LogP contribution in [0, 0.1) is 18.3 Å². The number of aromatic nitrogens is 1. The number of thiazole rings is 1. The second-order valence-electron chi connectivity index (χ2n) is 5.73. The molecule has 86 valence electrons. The summed E-state index contributed by atoms with van der Waals surface area (Å²) in [6.07, 6.45) is 3.20. The fourth-order valence-corrected chi connectivity index (χ4v) is 3.40. The van der Waals surface area contributed by atoms with Crippen LogP contribution >= 0.6 is 11.3 Å². The third-order valence-electron chi connectivity index (χ3n) is 3.29. The Bertz CT molecular complexity index is 441. The predicted octanol–water partition coefficient (Wildman–Crippen LogP) is 3.69. The lowest BCUT2D eigenvalue weighted by atomic mass is 9.68. The van der Waals surface area contributed by atoms with Crippen molar-refractivity contribution in [2.24, 2.45) is 0 Å². The number of rotatable bonds is 1. The molecule has 0 aromatic carbocycles. The lowest BCUT2D eigenvalue weighted by molar-refractivity contribution is 0.328. The van der Waals surface area contributed by atoms with Crippen molar-refractivity contribution in [3.8, 4) is 6.07 Å². The summed E-state index contributed by atoms with van der Waals surface area (Å²) in [6, 6.07) is 2.51. The van der Waals surface area contributed by atoms with Gasteiger partial charge < -0.3 is 0 Å². The SMILES string of the molecule is Cc1nc(C(C)(C)C)sc1C1(C#N)CCC1. The zero-order valence-corrected chi connectivity index (χ0v) is 11.2. The van der Waals surface area contributed by atoms with Crippen LogP contribution in [0.5, 0.6) is 0 Å². The molecule has 0 unspecified atom stereocenters. The van der Waals surface area contributed by atoms with Gasteiger partial charge in [-0.05, 0) is 26.2 Å². The van der Waals surface area contributed by atoms with E-state index >= 15 is 0 Å². The van der Waals surface area contributed by atoms with E-state index in [4.69, 9.17) is 0 Å². The van der Waals surface area contributed by atoms with Gasteiger partial charge in [0, 0.05) is 10.3 Å². The quantitative estimate of drug-likeness (QED) is 0.743. The van der Waals surface area contributed by atoms with Crippen molar-refractivity contribution < 1.29 is 0 Å². The number of nitriles is 1. The molecule has 0 atom stereocenters. The van der Waals surface area contributed by atoms with Crippen LogP contribution in [0.15, 0.2) is 0 Å². The van der Waals surface area contributed by atoms with Crippen molar-refractivity contribution in [1.29, 1.82) is 5.26 Å². The summed E-state index contributed by atoms with van der Waals surface area (Å²) >= 11 is 1.74. The minimum absolute atomic E-state index is 0.0913. The molecule has 0 aliphatic heterocycles. The van der Waals surface area contributed by atoms with Gasteiger partial charge >= 0.3 is 0 Å². The number of hydrogen-bond donors (Lipinski definition) is 0. The Hall–Kier alpha value is -0.880. The van der Waals surface area contributed by atoms with Crippen molar-refractivity contribution in [2.45, 2.75) is 57.8 Å². The van der Waals surface area contributed by atoms with E-state index in [1.165, 1.54) is 11.3 Å². The lowest BCUT2D eigenvalue weighted by Gasteiger charge is -2.34. The van der Waals surface area contributed by atoms with E-state index in [9.17, 15) is 5.26 Å². The Morgan fingerprint density at radius 2 is 2.00 bits per heavy atom. The molecule has 1 aromatic heterocycles. The van der Waals surface area contributed by atoms with Gasteiger partial charge in [-0.15, -0.1) is 11.3 Å². The van der Waals surface area contributed by atoms with E-state index in [0.717, 1.165) is 23.5 Å². The van der Waals surface area contributed by atoms with Gasteiger partial charge in [-0.3, -0.25) is 0 Å². The number of nitrogens with zero attached hydrogens (tertiary/aromatic N) is 2. The van der Waals surface area contributed by atoms with Crippen molar-refractivity contribution in [3.05, 3.63) is 15.6 Å². The van der Waals surface area contributed by atoms with Gasteiger partial charge in [0.15, 0.2) is 0 Å². The monoisotopic (exact) mass is 234 g/mol. The molecule has 1 aliphatic carbocycles. The molecule has 1 heterocycles. The van der Waals surface area contributed by atoms with Crippen molar-refractivity contribution in [3.63, 3.8) is 0 Å². The van der Waals surface area contributed by atoms with E-state index in [0.29, 0.717) is 0 Å². The van der Waals surface area contributed by atoms with Gasteiger partial charge in [0.1, 0.15) is 0 Å². The number of hydrogen-bond acceptors (Lipinski definition) is 3. The Balaban J connectivity index is 2.44. The zero-order chi connectivity index (χ0) is 12.0. The van der Waals surface area contributed by atoms with Gasteiger partial charge in [0.05, 0.1) is 22.2 Å². The van der Waals surface area contributed by atoms with Crippen LogP contribution in [-0.4, -0.2) is 4.98 Å². The van der Waals surface area contributed by atoms with Crippen LogP contribution in [-0.2, 0) is 10.8 Å². The molecule has 0 amide bonds. The average Bonchev–Trinajstić information content (AvgIpc) is 2.47. The fraction of sp³-hybridized carbons (Fsp3) is 0.692. The van der Waals surface area contributed by atoms with Crippen molar-refractivity contribution in [1.82, 2.24) is 4.98 Å². The van der Waals surface area contributed by atoms with E-state index < -0.39 is 0 Å². The molecule has 2 nitrogen and oxygen atoms in total. The Morgan fingerprint density at radius 3 is 2.31 bits per heavy atom. The molecule has 0 spiro atoms. The first-order valence-electron chi connectivity index (χ1n) is 5.79. The van der Waals surface area contributed by atoms with Crippen molar-refractivity contribution >= 4 is 11.3 Å². The summed E-state index contributed by atoms with van der Waals surface area (Å²) in [5.74, 6) is 0. The Kier molecular flexibility index (Phi) is 2.58. The first-order valence-corrected chi connectivity index (χ1v) is 6.60. The molecule has 16 heavy (non-hydrogen) atoms. The third-order valence-corrected chi connectivity index (χ3v) is 5.08. The zero-order valence-electron chi connectivity index (χ0n) is 10.4. The van der Waals surface area contributed by atoms with Crippen LogP contribution in [0.4, 0.5) is 0 Å². The molecule has 0 N–H and O–H groups in total. The largest absolute Gasteiger partial charge is 0.246 e. The molecule has 1 aromatic rings. The predicted molar refractivity (Wildman–Crippen MR) is 66.7 cm³/mol. The molecule has 1 fully saturated rings. The lowest BCUT2D eigenvalue weighted by Crippen LogP contribution is -2.32. The normalized spacial score (nSPS) is 18.9. The average molecular weight is 234 g/mol. The summed E-state index contributed by atoms with van der Waals surface area (Å²) in [7, 11) is 0. The Labute approximate surface area is 101 Å². The molecule has 1 aliphatic rings. The summed E-state index contributed by atoms with van der Waals surface area (Å²) in [5, 5.41) is 10.5. The van der Waals surface area contributed by atoms with Crippen LogP contribution in [0.1, 0.15) is 55.6 Å². The molecule has 0 saturated heterocycles. The van der Waals surface area contributed by atoms with Crippen LogP contribution in [0.2, 0.25) is 0 Å². The maximum absolute atomic E-state index is 9.36. The highest BCUT2D eigenvalue weighted by Crippen LogP contribution is 2.47. The molecule has 0 radical (unpaired) electrons. The summed E-state index contributed by atoms with van der Waals surface area (Å²) in [5.41, 5.74) is 0.954. The second kappa shape index (κ2) is 3.56. The highest BCUT2D eigenvalue weighted by atomic mass is 32.1. The summed E-state index contributed by atoms with van der Waals surface area (Å²) in [4.78, 5) is 5.86. The van der Waals surface area contributed by atoms with E-state index in [1.54, 1.807) is 11.3 Å². The first-order chi connectivity index (χ1) is 7.39. The second-order valence-corrected chi connectivity index (χ2v) is 6.73. The van der Waals surface area contributed by atoms with Gasteiger partial charge in [-0.1, -0.05) is 20.8 Å². The van der Waals surface area contributed by atoms with Gasteiger partial charge in [0.25, 0.3) is 0 Å². The van der Waals surface area contributed by atoms with Crippen LogP contribution in [0.25, 0.3) is 0 Å².